The number of nitrogens with zero attached hydrogens (tertiary/aromatic N) is 1. The lowest BCUT2D eigenvalue weighted by molar-refractivity contribution is -0.139. The van der Waals surface area contributed by atoms with E-state index >= 15 is 0 Å². The highest BCUT2D eigenvalue weighted by Crippen LogP contribution is 2.12. The number of amides is 2. The molecule has 0 bridgehead atoms. The average molecular weight is 333 g/mol. The summed E-state index contributed by atoms with van der Waals surface area (Å²) in [6, 6.07) is 9.92. The van der Waals surface area contributed by atoms with Gasteiger partial charge in [0.05, 0.1) is 13.2 Å². The number of rotatable bonds is 7. The van der Waals surface area contributed by atoms with Crippen LogP contribution in [-0.2, 0) is 14.3 Å². The number of carbonyl (C=O) groups excluding carboxylic acids is 2. The molecular weight excluding hydrogens is 306 g/mol. The fraction of sp³-hybridized carbons (Fsp3) is 0.556. The Balaban J connectivity index is 1.59. The molecule has 1 aromatic carbocycles. The lowest BCUT2D eigenvalue weighted by Gasteiger charge is -2.26. The molecule has 1 fully saturated rings. The smallest absolute Gasteiger partial charge is 0.309 e. The summed E-state index contributed by atoms with van der Waals surface area (Å²) >= 11 is 0. The zero-order valence-electron chi connectivity index (χ0n) is 14.3. The molecule has 6 nitrogen and oxygen atoms in total. The van der Waals surface area contributed by atoms with Crippen molar-refractivity contribution >= 4 is 11.8 Å². The third kappa shape index (κ3) is 6.29. The van der Waals surface area contributed by atoms with Gasteiger partial charge in [-0.3, -0.25) is 14.5 Å². The van der Waals surface area contributed by atoms with Crippen LogP contribution in [0.1, 0.15) is 24.8 Å². The SMILES string of the molecule is C[C@H](CNC(=O)C(=O)NCCCN1CCOCC1)c1ccccc1. The van der Waals surface area contributed by atoms with Crippen LogP contribution in [0.5, 0.6) is 0 Å². The number of ether oxygens (including phenoxy) is 1. The van der Waals surface area contributed by atoms with E-state index < -0.39 is 11.8 Å². The standard InChI is InChI=1S/C18H27N3O3/c1-15(16-6-3-2-4-7-16)14-20-18(23)17(22)19-8-5-9-21-10-12-24-13-11-21/h2-4,6-7,15H,5,8-14H2,1H3,(H,19,22)(H,20,23)/t15-/m1/s1. The van der Waals surface area contributed by atoms with Gasteiger partial charge in [-0.2, -0.15) is 0 Å². The predicted molar refractivity (Wildman–Crippen MR) is 92.8 cm³/mol. The third-order valence-electron chi connectivity index (χ3n) is 4.18. The number of nitrogens with one attached hydrogen (secondary N) is 2. The van der Waals surface area contributed by atoms with E-state index in [2.05, 4.69) is 15.5 Å². The highest BCUT2D eigenvalue weighted by molar-refractivity contribution is 6.35. The third-order valence-corrected chi connectivity index (χ3v) is 4.18. The lowest BCUT2D eigenvalue weighted by Crippen LogP contribution is -2.42. The molecule has 24 heavy (non-hydrogen) atoms. The number of morpholine rings is 1. The van der Waals surface area contributed by atoms with Gasteiger partial charge < -0.3 is 15.4 Å². The van der Waals surface area contributed by atoms with Crippen LogP contribution >= 0.6 is 0 Å². The van der Waals surface area contributed by atoms with Crippen LogP contribution in [0.3, 0.4) is 0 Å². The van der Waals surface area contributed by atoms with Gasteiger partial charge in [0.25, 0.3) is 0 Å². The van der Waals surface area contributed by atoms with Crippen LogP contribution < -0.4 is 10.6 Å². The molecule has 0 unspecified atom stereocenters. The maximum Gasteiger partial charge on any atom is 0.309 e. The van der Waals surface area contributed by atoms with Crippen LogP contribution in [0.4, 0.5) is 0 Å². The van der Waals surface area contributed by atoms with Gasteiger partial charge in [0, 0.05) is 26.2 Å². The Hall–Kier alpha value is -1.92. The first-order valence-electron chi connectivity index (χ1n) is 8.58. The van der Waals surface area contributed by atoms with Crippen molar-refractivity contribution in [3.63, 3.8) is 0 Å². The Labute approximate surface area is 143 Å². The summed E-state index contributed by atoms with van der Waals surface area (Å²) < 4.78 is 5.29. The van der Waals surface area contributed by atoms with Gasteiger partial charge in [-0.25, -0.2) is 0 Å². The molecule has 1 atom stereocenters. The Bertz CT molecular complexity index is 516. The quantitative estimate of drug-likeness (QED) is 0.570. The number of carbonyl (C=O) groups is 2. The largest absolute Gasteiger partial charge is 0.379 e. The van der Waals surface area contributed by atoms with Crippen molar-refractivity contribution in [2.45, 2.75) is 19.3 Å². The second-order valence-electron chi connectivity index (χ2n) is 6.09. The minimum Gasteiger partial charge on any atom is -0.379 e. The van der Waals surface area contributed by atoms with Gasteiger partial charge in [0.1, 0.15) is 0 Å². The second-order valence-corrected chi connectivity index (χ2v) is 6.09. The van der Waals surface area contributed by atoms with Gasteiger partial charge >= 0.3 is 11.8 Å². The molecule has 1 saturated heterocycles. The molecule has 1 aliphatic rings. The maximum atomic E-state index is 11.8. The summed E-state index contributed by atoms with van der Waals surface area (Å²) in [6.07, 6.45) is 0.833. The first kappa shape index (κ1) is 18.4. The Kier molecular flexibility index (Phi) is 7.71. The van der Waals surface area contributed by atoms with Crippen molar-refractivity contribution in [3.8, 4) is 0 Å². The molecule has 2 rings (SSSR count). The van der Waals surface area contributed by atoms with E-state index in [1.807, 2.05) is 37.3 Å². The summed E-state index contributed by atoms with van der Waals surface area (Å²) in [5.74, 6) is -0.953. The molecule has 1 heterocycles. The fourth-order valence-electron chi connectivity index (χ4n) is 2.64. The zero-order valence-corrected chi connectivity index (χ0v) is 14.3. The van der Waals surface area contributed by atoms with Crippen molar-refractivity contribution < 1.29 is 14.3 Å². The Morgan fingerprint density at radius 2 is 1.79 bits per heavy atom. The average Bonchev–Trinajstić information content (AvgIpc) is 2.64. The van der Waals surface area contributed by atoms with Gasteiger partial charge in [-0.05, 0) is 24.4 Å². The van der Waals surface area contributed by atoms with Crippen LogP contribution in [0.25, 0.3) is 0 Å². The summed E-state index contributed by atoms with van der Waals surface area (Å²) in [4.78, 5) is 25.9. The molecule has 2 amide bonds. The van der Waals surface area contributed by atoms with E-state index in [1.165, 1.54) is 0 Å². The van der Waals surface area contributed by atoms with Crippen LogP contribution in [0.2, 0.25) is 0 Å². The molecular formula is C18H27N3O3. The summed E-state index contributed by atoms with van der Waals surface area (Å²) in [7, 11) is 0. The molecule has 0 saturated carbocycles. The monoisotopic (exact) mass is 333 g/mol. The summed E-state index contributed by atoms with van der Waals surface area (Å²) in [5.41, 5.74) is 1.14. The first-order valence-corrected chi connectivity index (χ1v) is 8.58. The lowest BCUT2D eigenvalue weighted by atomic mass is 10.0. The topological polar surface area (TPSA) is 70.7 Å². The summed E-state index contributed by atoms with van der Waals surface area (Å²) in [5, 5.41) is 5.37. The van der Waals surface area contributed by atoms with E-state index in [-0.39, 0.29) is 5.92 Å². The van der Waals surface area contributed by atoms with E-state index in [0.29, 0.717) is 13.1 Å². The summed E-state index contributed by atoms with van der Waals surface area (Å²) in [6.45, 7) is 7.31. The van der Waals surface area contributed by atoms with Gasteiger partial charge in [0.15, 0.2) is 0 Å². The zero-order chi connectivity index (χ0) is 17.2. The molecule has 1 aromatic rings. The molecule has 2 N–H and O–H groups in total. The molecule has 0 spiro atoms. The highest BCUT2D eigenvalue weighted by Gasteiger charge is 2.15. The van der Waals surface area contributed by atoms with Crippen LogP contribution in [0, 0.1) is 0 Å². The Morgan fingerprint density at radius 1 is 1.12 bits per heavy atom. The van der Waals surface area contributed by atoms with Crippen LogP contribution in [0.15, 0.2) is 30.3 Å². The number of benzene rings is 1. The first-order chi connectivity index (χ1) is 11.7. The van der Waals surface area contributed by atoms with Gasteiger partial charge in [-0.1, -0.05) is 37.3 Å². The molecule has 1 aliphatic heterocycles. The van der Waals surface area contributed by atoms with Crippen molar-refractivity contribution in [2.75, 3.05) is 45.9 Å². The molecule has 0 aliphatic carbocycles. The van der Waals surface area contributed by atoms with E-state index in [1.54, 1.807) is 0 Å². The predicted octanol–water partition coefficient (Wildman–Crippen LogP) is 0.745. The molecule has 132 valence electrons. The van der Waals surface area contributed by atoms with Crippen molar-refractivity contribution in [3.05, 3.63) is 35.9 Å². The van der Waals surface area contributed by atoms with E-state index in [9.17, 15) is 9.59 Å². The second kappa shape index (κ2) is 10.1. The van der Waals surface area contributed by atoms with E-state index in [4.69, 9.17) is 4.74 Å². The maximum absolute atomic E-state index is 11.8. The normalized spacial score (nSPS) is 16.4. The number of hydrogen-bond donors (Lipinski definition) is 2. The Morgan fingerprint density at radius 3 is 2.50 bits per heavy atom. The minimum absolute atomic E-state index is 0.171. The van der Waals surface area contributed by atoms with Gasteiger partial charge in [-0.15, -0.1) is 0 Å². The fourth-order valence-corrected chi connectivity index (χ4v) is 2.64. The van der Waals surface area contributed by atoms with Crippen molar-refractivity contribution in [1.29, 1.82) is 0 Å². The van der Waals surface area contributed by atoms with E-state index in [0.717, 1.165) is 44.8 Å². The highest BCUT2D eigenvalue weighted by atomic mass is 16.5. The van der Waals surface area contributed by atoms with Crippen molar-refractivity contribution in [1.82, 2.24) is 15.5 Å². The molecule has 0 aromatic heterocycles. The number of hydrogen-bond acceptors (Lipinski definition) is 4. The van der Waals surface area contributed by atoms with Crippen LogP contribution in [-0.4, -0.2) is 62.7 Å². The van der Waals surface area contributed by atoms with Crippen molar-refractivity contribution in [2.24, 2.45) is 0 Å². The molecule has 6 heteroatoms. The molecule has 0 radical (unpaired) electrons. The van der Waals surface area contributed by atoms with Gasteiger partial charge in [0.2, 0.25) is 0 Å². The minimum atomic E-state index is -0.566.